The zero-order valence-corrected chi connectivity index (χ0v) is 15.7. The Kier molecular flexibility index (Phi) is 5.37. The van der Waals surface area contributed by atoms with E-state index in [0.717, 1.165) is 0 Å². The molecule has 0 saturated carbocycles. The summed E-state index contributed by atoms with van der Waals surface area (Å²) in [6.45, 7) is 2.47. The Morgan fingerprint density at radius 3 is 2.52 bits per heavy atom. The molecule has 2 aromatic rings. The standard InChI is InChI=1S/C15H19N5O6S/c1-7(21)24-11-9(4-27(3)23)26-15(12(11)25-8(2)22)20-6-19-10-13(16)17-5-18-14(10)20/h5-6,9,11-12,15H,4H2,1-3H3,(H2,16,17,18)/t9-,11-,12-,15-,27?/m1/s1. The van der Waals surface area contributed by atoms with E-state index in [1.165, 1.54) is 37.3 Å². The highest BCUT2D eigenvalue weighted by molar-refractivity contribution is 7.84. The van der Waals surface area contributed by atoms with Gasteiger partial charge in [-0.25, -0.2) is 15.0 Å². The number of fused-ring (bicyclic) bond motifs is 1. The molecule has 146 valence electrons. The fourth-order valence-electron chi connectivity index (χ4n) is 3.00. The van der Waals surface area contributed by atoms with Gasteiger partial charge >= 0.3 is 11.9 Å². The summed E-state index contributed by atoms with van der Waals surface area (Å²) in [5.41, 5.74) is 6.53. The average molecular weight is 397 g/mol. The van der Waals surface area contributed by atoms with E-state index in [-0.39, 0.29) is 11.6 Å². The number of aromatic nitrogens is 4. The van der Waals surface area contributed by atoms with E-state index in [0.29, 0.717) is 11.2 Å². The number of ether oxygens (including phenoxy) is 3. The molecule has 5 atom stereocenters. The molecule has 27 heavy (non-hydrogen) atoms. The van der Waals surface area contributed by atoms with Crippen molar-refractivity contribution in [3.63, 3.8) is 0 Å². The van der Waals surface area contributed by atoms with E-state index in [4.69, 9.17) is 19.9 Å². The van der Waals surface area contributed by atoms with Gasteiger partial charge < -0.3 is 19.9 Å². The maximum atomic E-state index is 11.7. The third-order valence-electron chi connectivity index (χ3n) is 3.95. The molecule has 3 rings (SSSR count). The van der Waals surface area contributed by atoms with Crippen LogP contribution in [0.3, 0.4) is 0 Å². The average Bonchev–Trinajstić information content (AvgIpc) is 3.11. The van der Waals surface area contributed by atoms with Crippen molar-refractivity contribution >= 4 is 39.7 Å². The second kappa shape index (κ2) is 7.56. The van der Waals surface area contributed by atoms with Gasteiger partial charge in [-0.05, 0) is 0 Å². The van der Waals surface area contributed by atoms with E-state index in [9.17, 15) is 13.8 Å². The SMILES string of the molecule is CC(=O)O[C@@H]1[C@H](OC(C)=O)[C@@H](CS(C)=O)O[C@H]1n1cnc2c(N)ncnc21. The number of carbonyl (C=O) groups excluding carboxylic acids is 2. The van der Waals surface area contributed by atoms with Gasteiger partial charge in [-0.2, -0.15) is 0 Å². The number of carbonyl (C=O) groups is 2. The Labute approximate surface area is 156 Å². The highest BCUT2D eigenvalue weighted by atomic mass is 32.2. The topological polar surface area (TPSA) is 149 Å². The smallest absolute Gasteiger partial charge is 0.303 e. The molecule has 11 nitrogen and oxygen atoms in total. The van der Waals surface area contributed by atoms with Gasteiger partial charge in [0.05, 0.1) is 12.1 Å². The zero-order valence-electron chi connectivity index (χ0n) is 14.9. The molecule has 0 amide bonds. The molecule has 0 aliphatic carbocycles. The Morgan fingerprint density at radius 1 is 1.22 bits per heavy atom. The second-order valence-corrected chi connectivity index (χ2v) is 7.52. The van der Waals surface area contributed by atoms with Crippen LogP contribution in [0.25, 0.3) is 11.2 Å². The van der Waals surface area contributed by atoms with Crippen molar-refractivity contribution in [3.8, 4) is 0 Å². The summed E-state index contributed by atoms with van der Waals surface area (Å²) in [5, 5.41) is 0. The highest BCUT2D eigenvalue weighted by Gasteiger charge is 2.50. The molecule has 12 heteroatoms. The molecule has 2 aromatic heterocycles. The number of anilines is 1. The van der Waals surface area contributed by atoms with Crippen LogP contribution in [-0.2, 0) is 34.6 Å². The number of nitrogen functional groups attached to an aromatic ring is 1. The predicted octanol–water partition coefficient (Wildman–Crippen LogP) is -0.452. The molecule has 1 aliphatic heterocycles. The molecular weight excluding hydrogens is 378 g/mol. The zero-order chi connectivity index (χ0) is 19.7. The minimum atomic E-state index is -1.24. The largest absolute Gasteiger partial charge is 0.456 e. The third kappa shape index (κ3) is 3.90. The minimum Gasteiger partial charge on any atom is -0.456 e. The molecule has 0 aromatic carbocycles. The van der Waals surface area contributed by atoms with Crippen molar-refractivity contribution in [1.29, 1.82) is 0 Å². The molecule has 2 N–H and O–H groups in total. The van der Waals surface area contributed by atoms with Gasteiger partial charge in [-0.3, -0.25) is 18.4 Å². The molecule has 1 unspecified atom stereocenters. The summed E-state index contributed by atoms with van der Waals surface area (Å²) in [4.78, 5) is 35.4. The van der Waals surface area contributed by atoms with E-state index in [1.807, 2.05) is 0 Å². The van der Waals surface area contributed by atoms with Gasteiger partial charge in [0, 0.05) is 30.9 Å². The number of rotatable bonds is 5. The summed E-state index contributed by atoms with van der Waals surface area (Å²) < 4.78 is 30.0. The van der Waals surface area contributed by atoms with Crippen molar-refractivity contribution in [1.82, 2.24) is 19.5 Å². The Bertz CT molecular complexity index is 902. The summed E-state index contributed by atoms with van der Waals surface area (Å²) in [5.74, 6) is -0.878. The van der Waals surface area contributed by atoms with Crippen LogP contribution in [0.1, 0.15) is 20.1 Å². The molecule has 1 saturated heterocycles. The lowest BCUT2D eigenvalue weighted by Gasteiger charge is -2.23. The number of esters is 2. The van der Waals surface area contributed by atoms with Crippen molar-refractivity contribution in [2.75, 3.05) is 17.7 Å². The number of nitrogens with two attached hydrogens (primary N) is 1. The minimum absolute atomic E-state index is 0.0932. The van der Waals surface area contributed by atoms with E-state index in [1.54, 1.807) is 0 Å². The first-order valence-corrected chi connectivity index (χ1v) is 9.73. The van der Waals surface area contributed by atoms with E-state index < -0.39 is 47.3 Å². The monoisotopic (exact) mass is 397 g/mol. The Balaban J connectivity index is 2.05. The lowest BCUT2D eigenvalue weighted by Crippen LogP contribution is -2.40. The highest BCUT2D eigenvalue weighted by Crippen LogP contribution is 2.36. The second-order valence-electron chi connectivity index (χ2n) is 6.04. The van der Waals surface area contributed by atoms with Crippen LogP contribution in [0, 0.1) is 0 Å². The van der Waals surface area contributed by atoms with E-state index >= 15 is 0 Å². The van der Waals surface area contributed by atoms with Gasteiger partial charge in [-0.1, -0.05) is 0 Å². The molecular formula is C15H19N5O6S. The molecule has 1 fully saturated rings. The number of hydrogen-bond acceptors (Lipinski definition) is 10. The fraction of sp³-hybridized carbons (Fsp3) is 0.533. The van der Waals surface area contributed by atoms with Crippen LogP contribution in [0.5, 0.6) is 0 Å². The van der Waals surface area contributed by atoms with Gasteiger partial charge in [-0.15, -0.1) is 0 Å². The first-order chi connectivity index (χ1) is 12.8. The molecule has 0 bridgehead atoms. The normalized spacial score (nSPS) is 26.0. The van der Waals surface area contributed by atoms with Crippen LogP contribution in [-0.4, -0.2) is 66.0 Å². The van der Waals surface area contributed by atoms with Crippen LogP contribution < -0.4 is 5.73 Å². The molecule has 0 radical (unpaired) electrons. The maximum absolute atomic E-state index is 11.7. The van der Waals surface area contributed by atoms with Crippen LogP contribution in [0.4, 0.5) is 5.82 Å². The lowest BCUT2D eigenvalue weighted by molar-refractivity contribution is -0.165. The quantitative estimate of drug-likeness (QED) is 0.657. The number of hydrogen-bond donors (Lipinski definition) is 1. The van der Waals surface area contributed by atoms with Crippen LogP contribution >= 0.6 is 0 Å². The van der Waals surface area contributed by atoms with Crippen molar-refractivity contribution in [3.05, 3.63) is 12.7 Å². The summed E-state index contributed by atoms with van der Waals surface area (Å²) in [7, 11) is -1.24. The van der Waals surface area contributed by atoms with E-state index in [2.05, 4.69) is 15.0 Å². The fourth-order valence-corrected chi connectivity index (χ4v) is 3.74. The van der Waals surface area contributed by atoms with Crippen molar-refractivity contribution < 1.29 is 28.0 Å². The molecule has 0 spiro atoms. The van der Waals surface area contributed by atoms with Crippen LogP contribution in [0.15, 0.2) is 12.7 Å². The first-order valence-electron chi connectivity index (χ1n) is 8.01. The van der Waals surface area contributed by atoms with Crippen molar-refractivity contribution in [2.45, 2.75) is 38.4 Å². The summed E-state index contributed by atoms with van der Waals surface area (Å²) in [6, 6.07) is 0. The number of nitrogens with zero attached hydrogens (tertiary/aromatic N) is 4. The van der Waals surface area contributed by atoms with Gasteiger partial charge in [0.15, 0.2) is 29.9 Å². The van der Waals surface area contributed by atoms with Gasteiger partial charge in [0.1, 0.15) is 17.9 Å². The van der Waals surface area contributed by atoms with Gasteiger partial charge in [0.2, 0.25) is 0 Å². The van der Waals surface area contributed by atoms with Gasteiger partial charge in [0.25, 0.3) is 0 Å². The maximum Gasteiger partial charge on any atom is 0.303 e. The molecule has 1 aliphatic rings. The first kappa shape index (κ1) is 19.2. The summed E-state index contributed by atoms with van der Waals surface area (Å²) in [6.07, 6.45) is 0.645. The van der Waals surface area contributed by atoms with Crippen LogP contribution in [0.2, 0.25) is 0 Å². The Morgan fingerprint density at radius 2 is 1.89 bits per heavy atom. The Hall–Kier alpha value is -2.60. The molecule has 3 heterocycles. The van der Waals surface area contributed by atoms with Crippen molar-refractivity contribution in [2.24, 2.45) is 0 Å². The predicted molar refractivity (Wildman–Crippen MR) is 93.7 cm³/mol. The lowest BCUT2D eigenvalue weighted by atomic mass is 10.1. The number of imidazole rings is 1. The third-order valence-corrected chi connectivity index (χ3v) is 4.75. The summed E-state index contributed by atoms with van der Waals surface area (Å²) >= 11 is 0.